The van der Waals surface area contributed by atoms with Crippen molar-refractivity contribution in [1.82, 2.24) is 20.4 Å². The lowest BCUT2D eigenvalue weighted by molar-refractivity contribution is -0.131. The number of nitrogens with one attached hydrogen (secondary N) is 2. The minimum absolute atomic E-state index is 0.0931. The molecule has 4 amide bonds. The third-order valence-electron chi connectivity index (χ3n) is 5.01. The van der Waals surface area contributed by atoms with E-state index in [2.05, 4.69) is 17.2 Å². The first-order valence-electron chi connectivity index (χ1n) is 9.69. The van der Waals surface area contributed by atoms with Gasteiger partial charge in [-0.15, -0.1) is 6.58 Å². The zero-order valence-corrected chi connectivity index (χ0v) is 17.6. The van der Waals surface area contributed by atoms with Crippen molar-refractivity contribution in [3.63, 3.8) is 0 Å². The first-order valence-corrected chi connectivity index (χ1v) is 10.1. The first kappa shape index (κ1) is 21.9. The van der Waals surface area contributed by atoms with Crippen LogP contribution in [0.1, 0.15) is 18.0 Å². The highest BCUT2D eigenvalue weighted by molar-refractivity contribution is 6.31. The average Bonchev–Trinajstić information content (AvgIpc) is 3.04. The lowest BCUT2D eigenvalue weighted by Crippen LogP contribution is -2.47. The van der Waals surface area contributed by atoms with Gasteiger partial charge in [0.25, 0.3) is 5.91 Å². The van der Waals surface area contributed by atoms with Gasteiger partial charge in [0, 0.05) is 31.8 Å². The van der Waals surface area contributed by atoms with Crippen molar-refractivity contribution in [3.05, 3.63) is 58.8 Å². The average molecular weight is 433 g/mol. The molecule has 8 nitrogen and oxygen atoms in total. The molecule has 2 aliphatic heterocycles. The van der Waals surface area contributed by atoms with Crippen LogP contribution in [0.2, 0.25) is 5.02 Å². The Kier molecular flexibility index (Phi) is 7.12. The zero-order valence-electron chi connectivity index (χ0n) is 16.8. The first-order chi connectivity index (χ1) is 14.5. The van der Waals surface area contributed by atoms with E-state index in [1.165, 1.54) is 9.80 Å². The number of urea groups is 1. The summed E-state index contributed by atoms with van der Waals surface area (Å²) in [5, 5.41) is 6.10. The van der Waals surface area contributed by atoms with Crippen LogP contribution in [0.3, 0.4) is 0 Å². The number of amides is 4. The fourth-order valence-electron chi connectivity index (χ4n) is 3.61. The van der Waals surface area contributed by atoms with Gasteiger partial charge in [0.15, 0.2) is 0 Å². The Morgan fingerprint density at radius 2 is 2.17 bits per heavy atom. The Bertz CT molecular complexity index is 886. The van der Waals surface area contributed by atoms with Crippen molar-refractivity contribution in [3.8, 4) is 0 Å². The van der Waals surface area contributed by atoms with Gasteiger partial charge < -0.3 is 20.3 Å². The minimum Gasteiger partial charge on any atom is -0.385 e. The third-order valence-corrected chi connectivity index (χ3v) is 5.35. The number of ether oxygens (including phenoxy) is 1. The van der Waals surface area contributed by atoms with E-state index in [1.807, 2.05) is 0 Å². The number of carbonyl (C=O) groups is 3. The van der Waals surface area contributed by atoms with Gasteiger partial charge in [0.1, 0.15) is 6.54 Å². The highest BCUT2D eigenvalue weighted by Gasteiger charge is 2.44. The summed E-state index contributed by atoms with van der Waals surface area (Å²) in [6.07, 6.45) is 2.28. The molecule has 160 valence electrons. The van der Waals surface area contributed by atoms with E-state index < -0.39 is 6.04 Å². The summed E-state index contributed by atoms with van der Waals surface area (Å²) in [5.41, 5.74) is 1.63. The molecule has 9 heteroatoms. The maximum Gasteiger partial charge on any atom is 0.322 e. The third kappa shape index (κ3) is 4.49. The molecule has 1 aromatic carbocycles. The molecular formula is C21H25ClN4O4. The van der Waals surface area contributed by atoms with Crippen molar-refractivity contribution in [2.24, 2.45) is 0 Å². The van der Waals surface area contributed by atoms with Crippen LogP contribution < -0.4 is 10.6 Å². The molecule has 0 saturated carbocycles. The monoisotopic (exact) mass is 432 g/mol. The Morgan fingerprint density at radius 3 is 2.87 bits per heavy atom. The molecule has 3 rings (SSSR count). The Labute approximate surface area is 180 Å². The largest absolute Gasteiger partial charge is 0.385 e. The number of nitrogens with zero attached hydrogens (tertiary/aromatic N) is 2. The number of methoxy groups -OCH3 is 1. The maximum absolute atomic E-state index is 13.2. The lowest BCUT2D eigenvalue weighted by atomic mass is 9.95. The van der Waals surface area contributed by atoms with Crippen molar-refractivity contribution in [1.29, 1.82) is 0 Å². The minimum atomic E-state index is -0.676. The maximum atomic E-state index is 13.2. The molecule has 0 saturated heterocycles. The lowest BCUT2D eigenvalue weighted by Gasteiger charge is -2.33. The number of carbonyl (C=O) groups excluding carboxylic acids is 3. The normalized spacial score (nSPS) is 18.4. The SMILES string of the molecule is C=CCN1C(=O)NC(c2ccccc2Cl)C2=C1CN(CC(=O)NCCCOC)C2=O. The molecule has 0 bridgehead atoms. The van der Waals surface area contributed by atoms with Gasteiger partial charge in [-0.05, 0) is 18.1 Å². The molecule has 1 aromatic rings. The fourth-order valence-corrected chi connectivity index (χ4v) is 3.86. The molecule has 0 radical (unpaired) electrons. The molecule has 0 aliphatic carbocycles. The molecule has 30 heavy (non-hydrogen) atoms. The Morgan fingerprint density at radius 1 is 1.40 bits per heavy atom. The van der Waals surface area contributed by atoms with Crippen LogP contribution in [0.15, 0.2) is 48.2 Å². The van der Waals surface area contributed by atoms with Gasteiger partial charge in [-0.2, -0.15) is 0 Å². The Hall–Kier alpha value is -2.84. The van der Waals surface area contributed by atoms with Crippen LogP contribution in [-0.4, -0.2) is 67.5 Å². The van der Waals surface area contributed by atoms with Gasteiger partial charge in [-0.1, -0.05) is 35.9 Å². The van der Waals surface area contributed by atoms with Crippen molar-refractivity contribution in [2.45, 2.75) is 12.5 Å². The second-order valence-corrected chi connectivity index (χ2v) is 7.43. The second-order valence-electron chi connectivity index (χ2n) is 7.02. The predicted octanol–water partition coefficient (Wildman–Crippen LogP) is 1.84. The molecule has 2 aliphatic rings. The van der Waals surface area contributed by atoms with E-state index in [-0.39, 0.29) is 37.5 Å². The second kappa shape index (κ2) is 9.77. The molecule has 2 heterocycles. The van der Waals surface area contributed by atoms with Gasteiger partial charge in [0.05, 0.1) is 23.9 Å². The molecule has 0 fully saturated rings. The summed E-state index contributed by atoms with van der Waals surface area (Å²) in [4.78, 5) is 41.2. The molecular weight excluding hydrogens is 408 g/mol. The predicted molar refractivity (Wildman–Crippen MR) is 113 cm³/mol. The quantitative estimate of drug-likeness (QED) is 0.460. The smallest absolute Gasteiger partial charge is 0.322 e. The molecule has 2 N–H and O–H groups in total. The van der Waals surface area contributed by atoms with Gasteiger partial charge in [-0.25, -0.2) is 4.79 Å². The molecule has 1 unspecified atom stereocenters. The van der Waals surface area contributed by atoms with Gasteiger partial charge in [0.2, 0.25) is 5.91 Å². The summed E-state index contributed by atoms with van der Waals surface area (Å²) in [5.74, 6) is -0.556. The van der Waals surface area contributed by atoms with E-state index in [1.54, 1.807) is 37.5 Å². The van der Waals surface area contributed by atoms with E-state index in [0.29, 0.717) is 41.4 Å². The van der Waals surface area contributed by atoms with Crippen LogP contribution in [0.4, 0.5) is 4.79 Å². The summed E-state index contributed by atoms with van der Waals surface area (Å²) in [7, 11) is 1.60. The van der Waals surface area contributed by atoms with Crippen LogP contribution in [0.5, 0.6) is 0 Å². The van der Waals surface area contributed by atoms with E-state index in [9.17, 15) is 14.4 Å². The highest BCUT2D eigenvalue weighted by Crippen LogP contribution is 2.38. The fraction of sp³-hybridized carbons (Fsp3) is 0.381. The van der Waals surface area contributed by atoms with E-state index >= 15 is 0 Å². The highest BCUT2D eigenvalue weighted by atomic mass is 35.5. The summed E-state index contributed by atoms with van der Waals surface area (Å²) >= 11 is 6.34. The standard InChI is InChI=1S/C21H25ClN4O4/c1-3-10-26-16-12-25(13-17(27)23-9-6-11-30-2)20(28)18(16)19(24-21(26)29)14-7-4-5-8-15(14)22/h3-5,7-8,19H,1,6,9-13H2,2H3,(H,23,27)(H,24,29). The van der Waals surface area contributed by atoms with Crippen LogP contribution >= 0.6 is 11.6 Å². The van der Waals surface area contributed by atoms with E-state index in [0.717, 1.165) is 0 Å². The van der Waals surface area contributed by atoms with Gasteiger partial charge >= 0.3 is 6.03 Å². The van der Waals surface area contributed by atoms with Crippen molar-refractivity contribution < 1.29 is 19.1 Å². The topological polar surface area (TPSA) is 91.0 Å². The van der Waals surface area contributed by atoms with Crippen LogP contribution in [-0.2, 0) is 14.3 Å². The zero-order chi connectivity index (χ0) is 21.7. The number of benzene rings is 1. The number of rotatable bonds is 9. The number of hydrogen-bond acceptors (Lipinski definition) is 4. The van der Waals surface area contributed by atoms with Crippen LogP contribution in [0, 0.1) is 0 Å². The number of halogens is 1. The van der Waals surface area contributed by atoms with Crippen molar-refractivity contribution in [2.75, 3.05) is 39.9 Å². The van der Waals surface area contributed by atoms with E-state index in [4.69, 9.17) is 16.3 Å². The molecule has 1 atom stereocenters. The Balaban J connectivity index is 1.83. The number of hydrogen-bond donors (Lipinski definition) is 2. The summed E-state index contributed by atoms with van der Waals surface area (Å²) < 4.78 is 4.96. The molecule has 0 spiro atoms. The molecule has 0 aromatic heterocycles. The van der Waals surface area contributed by atoms with Crippen molar-refractivity contribution >= 4 is 29.4 Å². The van der Waals surface area contributed by atoms with Gasteiger partial charge in [-0.3, -0.25) is 14.5 Å². The summed E-state index contributed by atoms with van der Waals surface area (Å²) in [6, 6.07) is 6.06. The summed E-state index contributed by atoms with van der Waals surface area (Å²) in [6.45, 7) is 5.03. The van der Waals surface area contributed by atoms with Crippen LogP contribution in [0.25, 0.3) is 0 Å².